The number of ketones is 1. The summed E-state index contributed by atoms with van der Waals surface area (Å²) in [5.41, 5.74) is 3.64. The summed E-state index contributed by atoms with van der Waals surface area (Å²) >= 11 is 0. The fourth-order valence-corrected chi connectivity index (χ4v) is 2.29. The van der Waals surface area contributed by atoms with Crippen molar-refractivity contribution in [2.24, 2.45) is 5.92 Å². The van der Waals surface area contributed by atoms with Gasteiger partial charge in [0.1, 0.15) is 0 Å². The molecule has 0 aliphatic rings. The van der Waals surface area contributed by atoms with Crippen LogP contribution in [0.4, 0.5) is 0 Å². The lowest BCUT2D eigenvalue weighted by Crippen LogP contribution is -2.05. The first-order valence-electron chi connectivity index (χ1n) is 8.08. The molecule has 0 radical (unpaired) electrons. The van der Waals surface area contributed by atoms with Gasteiger partial charge in [-0.15, -0.1) is 0 Å². The lowest BCUT2D eigenvalue weighted by Gasteiger charge is -2.08. The highest BCUT2D eigenvalue weighted by Crippen LogP contribution is 2.19. The topological polar surface area (TPSA) is 42.9 Å². The van der Waals surface area contributed by atoms with Crippen LogP contribution < -0.4 is 0 Å². The molecule has 3 heteroatoms. The smallest absolute Gasteiger partial charge is 0.163 e. The number of rotatable bonds is 7. The Bertz CT molecular complexity index is 602. The Morgan fingerprint density at radius 1 is 1.09 bits per heavy atom. The predicted octanol–water partition coefficient (Wildman–Crippen LogP) is 4.72. The Labute approximate surface area is 132 Å². The molecule has 0 amide bonds. The van der Waals surface area contributed by atoms with E-state index in [-0.39, 0.29) is 5.78 Å². The average molecular weight is 296 g/mol. The van der Waals surface area contributed by atoms with Crippen molar-refractivity contribution in [1.82, 2.24) is 9.97 Å². The molecule has 1 atom stereocenters. The molecular weight excluding hydrogens is 272 g/mol. The average Bonchev–Trinajstić information content (AvgIpc) is 2.56. The summed E-state index contributed by atoms with van der Waals surface area (Å²) in [6, 6.07) is 7.68. The van der Waals surface area contributed by atoms with Crippen LogP contribution in [0, 0.1) is 5.92 Å². The SMILES string of the molecule is CCCc1cnc(-c2ccc(C(=O)CC(C)CC)cc2)cn1. The Morgan fingerprint density at radius 3 is 2.36 bits per heavy atom. The molecule has 1 aromatic heterocycles. The summed E-state index contributed by atoms with van der Waals surface area (Å²) < 4.78 is 0. The van der Waals surface area contributed by atoms with Crippen LogP contribution in [0.1, 0.15) is 56.1 Å². The molecule has 1 aromatic carbocycles. The van der Waals surface area contributed by atoms with Gasteiger partial charge in [-0.05, 0) is 12.3 Å². The number of Topliss-reactive ketones (excluding diaryl/α,β-unsaturated/α-hetero) is 1. The van der Waals surface area contributed by atoms with Gasteiger partial charge in [0.25, 0.3) is 0 Å². The fraction of sp³-hybridized carbons (Fsp3) is 0.421. The molecule has 22 heavy (non-hydrogen) atoms. The Hall–Kier alpha value is -2.03. The minimum Gasteiger partial charge on any atom is -0.294 e. The first kappa shape index (κ1) is 16.3. The summed E-state index contributed by atoms with van der Waals surface area (Å²) in [4.78, 5) is 21.0. The van der Waals surface area contributed by atoms with Crippen LogP contribution in [0.5, 0.6) is 0 Å². The van der Waals surface area contributed by atoms with Crippen molar-refractivity contribution in [3.63, 3.8) is 0 Å². The Balaban J connectivity index is 2.09. The highest BCUT2D eigenvalue weighted by atomic mass is 16.1. The third-order valence-electron chi connectivity index (χ3n) is 3.94. The minimum absolute atomic E-state index is 0.213. The number of hydrogen-bond acceptors (Lipinski definition) is 3. The second-order valence-electron chi connectivity index (χ2n) is 5.86. The van der Waals surface area contributed by atoms with E-state index in [0.29, 0.717) is 12.3 Å². The maximum absolute atomic E-state index is 12.2. The molecule has 0 saturated heterocycles. The normalized spacial score (nSPS) is 12.1. The van der Waals surface area contributed by atoms with E-state index >= 15 is 0 Å². The molecule has 0 spiro atoms. The standard InChI is InChI=1S/C19H24N2O/c1-4-6-17-12-21-18(13-20-17)15-7-9-16(10-8-15)19(22)11-14(3)5-2/h7-10,12-14H,4-6,11H2,1-3H3. The summed E-state index contributed by atoms with van der Waals surface area (Å²) in [5, 5.41) is 0. The molecule has 0 bridgehead atoms. The number of aryl methyl sites for hydroxylation is 1. The quantitative estimate of drug-likeness (QED) is 0.695. The molecule has 116 valence electrons. The number of carbonyl (C=O) groups excluding carboxylic acids is 1. The summed E-state index contributed by atoms with van der Waals surface area (Å²) in [5.74, 6) is 0.648. The van der Waals surface area contributed by atoms with Crippen molar-refractivity contribution in [3.8, 4) is 11.3 Å². The van der Waals surface area contributed by atoms with Gasteiger partial charge in [0.05, 0.1) is 17.6 Å². The van der Waals surface area contributed by atoms with E-state index in [2.05, 4.69) is 30.7 Å². The summed E-state index contributed by atoms with van der Waals surface area (Å²) in [6.45, 7) is 6.35. The van der Waals surface area contributed by atoms with Crippen molar-refractivity contribution in [3.05, 3.63) is 47.9 Å². The third kappa shape index (κ3) is 4.23. The van der Waals surface area contributed by atoms with Crippen LogP contribution in [0.15, 0.2) is 36.7 Å². The van der Waals surface area contributed by atoms with Crippen molar-refractivity contribution in [1.29, 1.82) is 0 Å². The van der Waals surface area contributed by atoms with Gasteiger partial charge >= 0.3 is 0 Å². The second-order valence-corrected chi connectivity index (χ2v) is 5.86. The molecule has 3 nitrogen and oxygen atoms in total. The van der Waals surface area contributed by atoms with E-state index in [9.17, 15) is 4.79 Å². The molecular formula is C19H24N2O. The number of benzene rings is 1. The second kappa shape index (κ2) is 7.83. The van der Waals surface area contributed by atoms with Gasteiger partial charge in [-0.25, -0.2) is 0 Å². The molecule has 0 N–H and O–H groups in total. The van der Waals surface area contributed by atoms with E-state index in [1.165, 1.54) is 0 Å². The van der Waals surface area contributed by atoms with Crippen molar-refractivity contribution in [2.75, 3.05) is 0 Å². The largest absolute Gasteiger partial charge is 0.294 e. The maximum atomic E-state index is 12.2. The van der Waals surface area contributed by atoms with Crippen LogP contribution in [0.3, 0.4) is 0 Å². The zero-order chi connectivity index (χ0) is 15.9. The molecule has 2 rings (SSSR count). The molecule has 0 aliphatic heterocycles. The fourth-order valence-electron chi connectivity index (χ4n) is 2.29. The molecule has 1 heterocycles. The van der Waals surface area contributed by atoms with Crippen LogP contribution in [-0.4, -0.2) is 15.8 Å². The van der Waals surface area contributed by atoms with E-state index in [4.69, 9.17) is 0 Å². The van der Waals surface area contributed by atoms with Crippen molar-refractivity contribution >= 4 is 5.78 Å². The predicted molar refractivity (Wildman–Crippen MR) is 89.9 cm³/mol. The summed E-state index contributed by atoms with van der Waals surface area (Å²) in [7, 11) is 0. The van der Waals surface area contributed by atoms with Gasteiger partial charge in [0.15, 0.2) is 5.78 Å². The van der Waals surface area contributed by atoms with Gasteiger partial charge in [0, 0.05) is 23.7 Å². The first-order chi connectivity index (χ1) is 10.6. The number of aromatic nitrogens is 2. The zero-order valence-corrected chi connectivity index (χ0v) is 13.7. The van der Waals surface area contributed by atoms with E-state index in [1.807, 2.05) is 30.5 Å². The van der Waals surface area contributed by atoms with Crippen LogP contribution in [0.2, 0.25) is 0 Å². The number of hydrogen-bond donors (Lipinski definition) is 0. The van der Waals surface area contributed by atoms with Crippen LogP contribution in [0.25, 0.3) is 11.3 Å². The van der Waals surface area contributed by atoms with Crippen molar-refractivity contribution < 1.29 is 4.79 Å². The zero-order valence-electron chi connectivity index (χ0n) is 13.7. The summed E-state index contributed by atoms with van der Waals surface area (Å²) in [6.07, 6.45) is 7.31. The maximum Gasteiger partial charge on any atom is 0.163 e. The lowest BCUT2D eigenvalue weighted by atomic mass is 9.97. The molecule has 2 aromatic rings. The lowest BCUT2D eigenvalue weighted by molar-refractivity contribution is 0.0963. The van der Waals surface area contributed by atoms with Gasteiger partial charge in [-0.2, -0.15) is 0 Å². The number of carbonyl (C=O) groups is 1. The highest BCUT2D eigenvalue weighted by molar-refractivity contribution is 5.96. The van der Waals surface area contributed by atoms with Crippen LogP contribution >= 0.6 is 0 Å². The minimum atomic E-state index is 0.213. The highest BCUT2D eigenvalue weighted by Gasteiger charge is 2.10. The Morgan fingerprint density at radius 2 is 1.82 bits per heavy atom. The van der Waals surface area contributed by atoms with Crippen LogP contribution in [-0.2, 0) is 6.42 Å². The molecule has 0 aliphatic carbocycles. The third-order valence-corrected chi connectivity index (χ3v) is 3.94. The van der Waals surface area contributed by atoms with Gasteiger partial charge in [-0.3, -0.25) is 14.8 Å². The molecule has 1 unspecified atom stereocenters. The van der Waals surface area contributed by atoms with Crippen molar-refractivity contribution in [2.45, 2.75) is 46.5 Å². The van der Waals surface area contributed by atoms with E-state index < -0.39 is 0 Å². The van der Waals surface area contributed by atoms with Gasteiger partial charge < -0.3 is 0 Å². The first-order valence-corrected chi connectivity index (χ1v) is 8.08. The number of nitrogens with zero attached hydrogens (tertiary/aromatic N) is 2. The van der Waals surface area contributed by atoms with Gasteiger partial charge in [0.2, 0.25) is 0 Å². The molecule has 0 fully saturated rings. The van der Waals surface area contributed by atoms with Gasteiger partial charge in [-0.1, -0.05) is 57.9 Å². The Kier molecular flexibility index (Phi) is 5.82. The van der Waals surface area contributed by atoms with E-state index in [0.717, 1.165) is 41.8 Å². The monoisotopic (exact) mass is 296 g/mol. The van der Waals surface area contributed by atoms with E-state index in [1.54, 1.807) is 6.20 Å². The molecule has 0 saturated carbocycles.